The van der Waals surface area contributed by atoms with Gasteiger partial charge in [-0.15, -0.1) is 0 Å². The number of alkyl halides is 3. The first-order valence-corrected chi connectivity index (χ1v) is 13.1. The molecule has 0 bridgehead atoms. The molecule has 4 rings (SSSR count). The van der Waals surface area contributed by atoms with Crippen molar-refractivity contribution in [3.63, 3.8) is 0 Å². The van der Waals surface area contributed by atoms with Gasteiger partial charge in [0, 0.05) is 25.0 Å². The third-order valence-electron chi connectivity index (χ3n) is 6.75. The molecule has 4 amide bonds. The molecule has 2 atom stereocenters. The SMILES string of the molecule is Cc1nc(NC(=O)N2C[C@H](Nc3ccc(C(=O)NO)cn3)C[C@H]2C(N)=O)sc1-c1ccnc(C(C)(C)C(F)(F)F)c1. The first-order chi connectivity index (χ1) is 19.2. The van der Waals surface area contributed by atoms with Gasteiger partial charge in [-0.25, -0.2) is 20.2 Å². The van der Waals surface area contributed by atoms with Crippen molar-refractivity contribution in [2.24, 2.45) is 5.73 Å². The number of thiazole rings is 1. The maximum absolute atomic E-state index is 13.6. The average Bonchev–Trinajstić information content (AvgIpc) is 3.51. The van der Waals surface area contributed by atoms with Gasteiger partial charge in [0.15, 0.2) is 5.13 Å². The van der Waals surface area contributed by atoms with Crippen molar-refractivity contribution in [3.05, 3.63) is 53.6 Å². The summed E-state index contributed by atoms with van der Waals surface area (Å²) < 4.78 is 40.7. The lowest BCUT2D eigenvalue weighted by Gasteiger charge is -2.27. The van der Waals surface area contributed by atoms with Gasteiger partial charge in [0.2, 0.25) is 5.91 Å². The Bertz CT molecular complexity index is 1460. The van der Waals surface area contributed by atoms with Crippen LogP contribution in [0, 0.1) is 6.92 Å². The summed E-state index contributed by atoms with van der Waals surface area (Å²) in [6.07, 6.45) is -1.76. The highest BCUT2D eigenvalue weighted by molar-refractivity contribution is 7.19. The predicted octanol–water partition coefficient (Wildman–Crippen LogP) is 3.44. The number of nitrogens with two attached hydrogens (primary N) is 1. The molecule has 3 aromatic heterocycles. The lowest BCUT2D eigenvalue weighted by molar-refractivity contribution is -0.181. The van der Waals surface area contributed by atoms with Crippen molar-refractivity contribution in [2.45, 2.75) is 50.9 Å². The average molecular weight is 593 g/mol. The maximum atomic E-state index is 13.6. The Morgan fingerprint density at radius 3 is 2.51 bits per heavy atom. The minimum Gasteiger partial charge on any atom is -0.368 e. The van der Waals surface area contributed by atoms with Gasteiger partial charge in [-0.1, -0.05) is 11.3 Å². The smallest absolute Gasteiger partial charge is 0.368 e. The first kappa shape index (κ1) is 29.7. The molecule has 0 saturated carbocycles. The molecule has 0 spiro atoms. The number of hydroxylamine groups is 1. The highest BCUT2D eigenvalue weighted by atomic mass is 32.1. The Hall–Kier alpha value is -4.31. The number of nitrogens with one attached hydrogen (secondary N) is 3. The summed E-state index contributed by atoms with van der Waals surface area (Å²) in [5.41, 5.74) is 5.83. The van der Waals surface area contributed by atoms with Gasteiger partial charge in [-0.05, 0) is 57.0 Å². The van der Waals surface area contributed by atoms with Gasteiger partial charge in [-0.2, -0.15) is 13.2 Å². The number of pyridine rings is 2. The van der Waals surface area contributed by atoms with E-state index in [-0.39, 0.29) is 29.4 Å². The van der Waals surface area contributed by atoms with Gasteiger partial charge in [-0.3, -0.25) is 25.1 Å². The van der Waals surface area contributed by atoms with E-state index in [1.54, 1.807) is 13.0 Å². The van der Waals surface area contributed by atoms with Gasteiger partial charge in [0.05, 0.1) is 21.8 Å². The Kier molecular flexibility index (Phi) is 8.17. The summed E-state index contributed by atoms with van der Waals surface area (Å²) in [6, 6.07) is 3.91. The molecule has 16 heteroatoms. The lowest BCUT2D eigenvalue weighted by atomic mass is 9.87. The highest BCUT2D eigenvalue weighted by Gasteiger charge is 2.49. The van der Waals surface area contributed by atoms with E-state index in [0.29, 0.717) is 22.0 Å². The van der Waals surface area contributed by atoms with Crippen molar-refractivity contribution >= 4 is 40.1 Å². The minimum absolute atomic E-state index is 0.0947. The number of primary amides is 1. The number of carbonyl (C=O) groups is 3. The van der Waals surface area contributed by atoms with Crippen LogP contribution in [0.1, 0.15) is 42.0 Å². The van der Waals surface area contributed by atoms with E-state index < -0.39 is 41.5 Å². The summed E-state index contributed by atoms with van der Waals surface area (Å²) in [5.74, 6) is -1.06. The van der Waals surface area contributed by atoms with Crippen molar-refractivity contribution in [1.29, 1.82) is 0 Å². The third kappa shape index (κ3) is 6.22. The molecule has 1 saturated heterocycles. The lowest BCUT2D eigenvalue weighted by Crippen LogP contribution is -2.45. The molecule has 1 aliphatic heterocycles. The normalized spacial score (nSPS) is 17.3. The minimum atomic E-state index is -4.50. The molecule has 3 aromatic rings. The zero-order chi connectivity index (χ0) is 30.1. The number of urea groups is 1. The molecular formula is C25H27F3N8O4S. The van der Waals surface area contributed by atoms with Crippen molar-refractivity contribution in [3.8, 4) is 10.4 Å². The number of hydrogen-bond acceptors (Lipinski definition) is 9. The van der Waals surface area contributed by atoms with E-state index >= 15 is 0 Å². The highest BCUT2D eigenvalue weighted by Crippen LogP contribution is 2.41. The monoisotopic (exact) mass is 592 g/mol. The van der Waals surface area contributed by atoms with Crippen molar-refractivity contribution < 1.29 is 32.8 Å². The van der Waals surface area contributed by atoms with E-state index in [1.807, 2.05) is 0 Å². The van der Waals surface area contributed by atoms with Crippen LogP contribution in [0.2, 0.25) is 0 Å². The zero-order valence-corrected chi connectivity index (χ0v) is 22.9. The molecule has 1 fully saturated rings. The molecule has 4 heterocycles. The van der Waals surface area contributed by atoms with Crippen LogP contribution in [0.15, 0.2) is 36.7 Å². The summed E-state index contributed by atoms with van der Waals surface area (Å²) in [7, 11) is 0. The summed E-state index contributed by atoms with van der Waals surface area (Å²) in [6.45, 7) is 3.87. The second-order valence-electron chi connectivity index (χ2n) is 9.94. The molecular weight excluding hydrogens is 565 g/mol. The second kappa shape index (κ2) is 11.3. The van der Waals surface area contributed by atoms with Gasteiger partial charge < -0.3 is 16.0 Å². The summed E-state index contributed by atoms with van der Waals surface area (Å²) in [4.78, 5) is 51.0. The van der Waals surface area contributed by atoms with Gasteiger partial charge in [0.25, 0.3) is 5.91 Å². The van der Waals surface area contributed by atoms with Crippen LogP contribution in [0.3, 0.4) is 0 Å². The topological polar surface area (TPSA) is 175 Å². The number of carbonyl (C=O) groups excluding carboxylic acids is 3. The Labute approximate surface area is 236 Å². The molecule has 0 aromatic carbocycles. The van der Waals surface area contributed by atoms with Crippen LogP contribution in [0.25, 0.3) is 10.4 Å². The summed E-state index contributed by atoms with van der Waals surface area (Å²) in [5, 5.41) is 14.7. The van der Waals surface area contributed by atoms with E-state index in [1.165, 1.54) is 41.0 Å². The molecule has 0 unspecified atom stereocenters. The van der Waals surface area contributed by atoms with Crippen LogP contribution in [0.5, 0.6) is 0 Å². The number of aryl methyl sites for hydroxylation is 1. The van der Waals surface area contributed by atoms with Gasteiger partial charge in [0.1, 0.15) is 17.3 Å². The van der Waals surface area contributed by atoms with E-state index in [9.17, 15) is 27.6 Å². The fourth-order valence-corrected chi connectivity index (χ4v) is 5.21. The molecule has 0 radical (unpaired) electrons. The van der Waals surface area contributed by atoms with Crippen molar-refractivity contribution in [2.75, 3.05) is 17.2 Å². The van der Waals surface area contributed by atoms with E-state index in [4.69, 9.17) is 10.9 Å². The quantitative estimate of drug-likeness (QED) is 0.205. The van der Waals surface area contributed by atoms with E-state index in [2.05, 4.69) is 25.6 Å². The zero-order valence-electron chi connectivity index (χ0n) is 22.1. The number of anilines is 2. The molecule has 0 aliphatic carbocycles. The Morgan fingerprint density at radius 2 is 1.90 bits per heavy atom. The standard InChI is InChI=1S/C25H27F3N8O4S/c1-12-19(13-6-7-30-17(8-13)24(2,3)25(26,27)28)41-22(32-12)34-23(39)36-11-15(9-16(36)20(29)37)33-18-5-4-14(10-31-18)21(38)35-40/h4-8,10,15-16,40H,9,11H2,1-3H3,(H2,29,37)(H,31,33)(H,35,38)(H,32,34,39)/t15-,16+/m1/s1. The fraction of sp³-hybridized carbons (Fsp3) is 0.360. The molecule has 1 aliphatic rings. The third-order valence-corrected chi connectivity index (χ3v) is 7.87. The maximum Gasteiger partial charge on any atom is 0.399 e. The molecule has 6 N–H and O–H groups in total. The number of rotatable bonds is 7. The van der Waals surface area contributed by atoms with Gasteiger partial charge >= 0.3 is 12.2 Å². The van der Waals surface area contributed by atoms with Crippen LogP contribution in [0.4, 0.5) is 28.9 Å². The number of nitrogens with zero attached hydrogens (tertiary/aromatic N) is 4. The molecule has 12 nitrogen and oxygen atoms in total. The number of aromatic nitrogens is 3. The van der Waals surface area contributed by atoms with Crippen LogP contribution in [-0.2, 0) is 10.2 Å². The Balaban J connectivity index is 1.48. The summed E-state index contributed by atoms with van der Waals surface area (Å²) >= 11 is 1.07. The predicted molar refractivity (Wildman–Crippen MR) is 143 cm³/mol. The molecule has 41 heavy (non-hydrogen) atoms. The first-order valence-electron chi connectivity index (χ1n) is 12.3. The largest absolute Gasteiger partial charge is 0.399 e. The second-order valence-corrected chi connectivity index (χ2v) is 10.9. The number of likely N-dealkylation sites (tertiary alicyclic amines) is 1. The van der Waals surface area contributed by atoms with Crippen molar-refractivity contribution in [1.82, 2.24) is 25.3 Å². The Morgan fingerprint density at radius 1 is 1.17 bits per heavy atom. The number of halogens is 3. The number of amides is 4. The molecule has 218 valence electrons. The fourth-order valence-electron chi connectivity index (χ4n) is 4.26. The van der Waals surface area contributed by atoms with E-state index in [0.717, 1.165) is 25.2 Å². The van der Waals surface area contributed by atoms with Crippen LogP contribution >= 0.6 is 11.3 Å². The van der Waals surface area contributed by atoms with Crippen LogP contribution in [-0.4, -0.2) is 67.7 Å². The van der Waals surface area contributed by atoms with Crippen LogP contribution < -0.4 is 21.8 Å². The number of hydrogen-bond donors (Lipinski definition) is 5.